The van der Waals surface area contributed by atoms with Crippen molar-refractivity contribution in [3.63, 3.8) is 0 Å². The predicted octanol–water partition coefficient (Wildman–Crippen LogP) is 3.21. The van der Waals surface area contributed by atoms with Crippen LogP contribution in [0.2, 0.25) is 0 Å². The van der Waals surface area contributed by atoms with Crippen molar-refractivity contribution in [2.24, 2.45) is 0 Å². The molecule has 0 N–H and O–H groups in total. The number of carbonyl (C=O) groups is 2. The number of rotatable bonds is 4. The van der Waals surface area contributed by atoms with Crippen molar-refractivity contribution >= 4 is 17.6 Å². The van der Waals surface area contributed by atoms with E-state index in [1.54, 1.807) is 30.2 Å². The van der Waals surface area contributed by atoms with Crippen LogP contribution in [0.3, 0.4) is 0 Å². The normalized spacial score (nSPS) is 13.3. The number of amides is 1. The summed E-state index contributed by atoms with van der Waals surface area (Å²) in [6.07, 6.45) is 1.57. The molecule has 0 radical (unpaired) electrons. The third-order valence-electron chi connectivity index (χ3n) is 4.39. The zero-order valence-corrected chi connectivity index (χ0v) is 14.5. The number of hydrogen-bond donors (Lipinski definition) is 0. The number of nitrogens with zero attached hydrogens (tertiary/aromatic N) is 1. The summed E-state index contributed by atoms with van der Waals surface area (Å²) < 4.78 is 10.0. The largest absolute Gasteiger partial charge is 0.465 e. The number of ether oxygens (including phenoxy) is 2. The molecule has 0 saturated heterocycles. The van der Waals surface area contributed by atoms with Gasteiger partial charge in [-0.15, -0.1) is 0 Å². The highest BCUT2D eigenvalue weighted by atomic mass is 16.5. The highest BCUT2D eigenvalue weighted by Gasteiger charge is 2.27. The van der Waals surface area contributed by atoms with Gasteiger partial charge in [0.2, 0.25) is 0 Å². The van der Waals surface area contributed by atoms with Gasteiger partial charge in [0.1, 0.15) is 0 Å². The molecule has 0 bridgehead atoms. The van der Waals surface area contributed by atoms with Crippen molar-refractivity contribution < 1.29 is 19.1 Å². The van der Waals surface area contributed by atoms with Gasteiger partial charge in [-0.3, -0.25) is 4.79 Å². The second-order valence-corrected chi connectivity index (χ2v) is 5.99. The van der Waals surface area contributed by atoms with Crippen molar-refractivity contribution in [2.75, 3.05) is 25.7 Å². The molecule has 0 saturated carbocycles. The molecule has 5 nitrogen and oxygen atoms in total. The molecule has 1 aliphatic heterocycles. The van der Waals surface area contributed by atoms with E-state index >= 15 is 0 Å². The number of anilines is 1. The summed E-state index contributed by atoms with van der Waals surface area (Å²) >= 11 is 0. The molecule has 1 amide bonds. The molecule has 0 spiro atoms. The van der Waals surface area contributed by atoms with Gasteiger partial charge in [-0.2, -0.15) is 0 Å². The lowest BCUT2D eigenvalue weighted by Crippen LogP contribution is -2.36. The SMILES string of the molecule is COCc1cccc(C(=O)N2CCCc3c(C(=O)OC)cccc32)c1. The number of benzene rings is 2. The Kier molecular flexibility index (Phi) is 5.14. The fourth-order valence-electron chi connectivity index (χ4n) is 3.25. The smallest absolute Gasteiger partial charge is 0.338 e. The number of carbonyl (C=O) groups excluding carboxylic acids is 2. The summed E-state index contributed by atoms with van der Waals surface area (Å²) in [5.74, 6) is -0.436. The standard InChI is InChI=1S/C20H21NO4/c1-24-13-14-6-3-7-15(12-14)19(22)21-11-5-9-16-17(20(23)25-2)8-4-10-18(16)21/h3-4,6-8,10,12H,5,9,11,13H2,1-2H3. The van der Waals surface area contributed by atoms with Crippen LogP contribution in [0.1, 0.15) is 38.3 Å². The zero-order chi connectivity index (χ0) is 17.8. The lowest BCUT2D eigenvalue weighted by Gasteiger charge is -2.30. The van der Waals surface area contributed by atoms with E-state index in [1.807, 2.05) is 24.3 Å². The van der Waals surface area contributed by atoms with Crippen molar-refractivity contribution in [3.05, 3.63) is 64.7 Å². The molecule has 130 valence electrons. The number of esters is 1. The average molecular weight is 339 g/mol. The van der Waals surface area contributed by atoms with E-state index in [0.29, 0.717) is 24.3 Å². The van der Waals surface area contributed by atoms with Gasteiger partial charge >= 0.3 is 5.97 Å². The molecule has 0 unspecified atom stereocenters. The molecule has 3 rings (SSSR count). The summed E-state index contributed by atoms with van der Waals surface area (Å²) in [7, 11) is 3.00. The zero-order valence-electron chi connectivity index (χ0n) is 14.5. The maximum Gasteiger partial charge on any atom is 0.338 e. The van der Waals surface area contributed by atoms with Gasteiger partial charge < -0.3 is 14.4 Å². The molecule has 2 aromatic rings. The Balaban J connectivity index is 1.97. The fraction of sp³-hybridized carbons (Fsp3) is 0.300. The summed E-state index contributed by atoms with van der Waals surface area (Å²) in [6, 6.07) is 12.9. The van der Waals surface area contributed by atoms with E-state index in [9.17, 15) is 9.59 Å². The van der Waals surface area contributed by atoms with E-state index in [1.165, 1.54) is 7.11 Å². The van der Waals surface area contributed by atoms with Gasteiger partial charge in [-0.1, -0.05) is 18.2 Å². The van der Waals surface area contributed by atoms with E-state index in [-0.39, 0.29) is 11.9 Å². The van der Waals surface area contributed by atoms with Crippen molar-refractivity contribution in [2.45, 2.75) is 19.4 Å². The lowest BCUT2D eigenvalue weighted by molar-refractivity contribution is 0.0599. The van der Waals surface area contributed by atoms with Gasteiger partial charge in [0.25, 0.3) is 5.91 Å². The first-order valence-corrected chi connectivity index (χ1v) is 8.25. The van der Waals surface area contributed by atoms with Crippen molar-refractivity contribution in [1.82, 2.24) is 0 Å². The van der Waals surface area contributed by atoms with Crippen LogP contribution in [0.25, 0.3) is 0 Å². The fourth-order valence-corrected chi connectivity index (χ4v) is 3.25. The predicted molar refractivity (Wildman–Crippen MR) is 94.9 cm³/mol. The first-order chi connectivity index (χ1) is 12.2. The molecule has 0 aliphatic carbocycles. The van der Waals surface area contributed by atoms with Gasteiger partial charge in [-0.05, 0) is 48.2 Å². The third kappa shape index (κ3) is 3.42. The van der Waals surface area contributed by atoms with Crippen LogP contribution in [-0.2, 0) is 22.5 Å². The minimum Gasteiger partial charge on any atom is -0.465 e. The molecule has 2 aromatic carbocycles. The van der Waals surface area contributed by atoms with Gasteiger partial charge in [0.15, 0.2) is 0 Å². The Morgan fingerprint density at radius 3 is 2.68 bits per heavy atom. The monoisotopic (exact) mass is 339 g/mol. The first kappa shape index (κ1) is 17.2. The van der Waals surface area contributed by atoms with Crippen LogP contribution in [0.15, 0.2) is 42.5 Å². The summed E-state index contributed by atoms with van der Waals surface area (Å²) in [4.78, 5) is 26.8. The highest BCUT2D eigenvalue weighted by Crippen LogP contribution is 2.31. The van der Waals surface area contributed by atoms with Gasteiger partial charge in [0.05, 0.1) is 19.3 Å². The van der Waals surface area contributed by atoms with Gasteiger partial charge in [-0.25, -0.2) is 4.79 Å². The van der Waals surface area contributed by atoms with Crippen LogP contribution in [-0.4, -0.2) is 32.6 Å². The van der Waals surface area contributed by atoms with E-state index in [0.717, 1.165) is 29.7 Å². The summed E-state index contributed by atoms with van der Waals surface area (Å²) in [5.41, 5.74) is 3.77. The number of methoxy groups -OCH3 is 2. The van der Waals surface area contributed by atoms with Crippen molar-refractivity contribution in [3.8, 4) is 0 Å². The topological polar surface area (TPSA) is 55.8 Å². The Morgan fingerprint density at radius 2 is 1.92 bits per heavy atom. The Morgan fingerprint density at radius 1 is 1.12 bits per heavy atom. The second kappa shape index (κ2) is 7.49. The molecule has 25 heavy (non-hydrogen) atoms. The van der Waals surface area contributed by atoms with Crippen LogP contribution in [0.5, 0.6) is 0 Å². The molecule has 1 aliphatic rings. The van der Waals surface area contributed by atoms with E-state index in [4.69, 9.17) is 9.47 Å². The van der Waals surface area contributed by atoms with Crippen LogP contribution in [0.4, 0.5) is 5.69 Å². The van der Waals surface area contributed by atoms with Gasteiger partial charge in [0, 0.05) is 24.9 Å². The maximum atomic E-state index is 13.0. The van der Waals surface area contributed by atoms with E-state index < -0.39 is 0 Å². The molecular formula is C20H21NO4. The minimum atomic E-state index is -0.367. The second-order valence-electron chi connectivity index (χ2n) is 5.99. The Bertz CT molecular complexity index is 800. The summed E-state index contributed by atoms with van der Waals surface area (Å²) in [5, 5.41) is 0. The summed E-state index contributed by atoms with van der Waals surface area (Å²) in [6.45, 7) is 1.09. The molecule has 0 fully saturated rings. The molecule has 5 heteroatoms. The minimum absolute atomic E-state index is 0.0686. The number of fused-ring (bicyclic) bond motifs is 1. The van der Waals surface area contributed by atoms with Crippen LogP contribution in [0, 0.1) is 0 Å². The van der Waals surface area contributed by atoms with E-state index in [2.05, 4.69) is 0 Å². The molecule has 0 atom stereocenters. The Hall–Kier alpha value is -2.66. The molecule has 0 aromatic heterocycles. The average Bonchev–Trinajstić information content (AvgIpc) is 2.66. The third-order valence-corrected chi connectivity index (χ3v) is 4.39. The quantitative estimate of drug-likeness (QED) is 0.803. The van der Waals surface area contributed by atoms with Crippen LogP contribution >= 0.6 is 0 Å². The van der Waals surface area contributed by atoms with Crippen molar-refractivity contribution in [1.29, 1.82) is 0 Å². The Labute approximate surface area is 147 Å². The van der Waals surface area contributed by atoms with Crippen LogP contribution < -0.4 is 4.90 Å². The number of hydrogen-bond acceptors (Lipinski definition) is 4. The lowest BCUT2D eigenvalue weighted by atomic mass is 9.95. The first-order valence-electron chi connectivity index (χ1n) is 8.25. The maximum absolute atomic E-state index is 13.0. The highest BCUT2D eigenvalue weighted by molar-refractivity contribution is 6.07. The molecular weight excluding hydrogens is 318 g/mol. The molecule has 1 heterocycles.